The number of piperazine rings is 1. The van der Waals surface area contributed by atoms with E-state index < -0.39 is 18.2 Å². The molecule has 0 bridgehead atoms. The minimum absolute atomic E-state index is 0.0831. The van der Waals surface area contributed by atoms with Crippen molar-refractivity contribution in [1.82, 2.24) is 30.1 Å². The van der Waals surface area contributed by atoms with Crippen LogP contribution in [0.25, 0.3) is 21.0 Å². The van der Waals surface area contributed by atoms with Gasteiger partial charge in [0.25, 0.3) is 5.91 Å². The van der Waals surface area contributed by atoms with Gasteiger partial charge in [-0.25, -0.2) is 14.8 Å². The molecule has 5 amide bonds. The maximum absolute atomic E-state index is 14.5. The summed E-state index contributed by atoms with van der Waals surface area (Å²) in [5, 5.41) is 11.2. The zero-order valence-corrected chi connectivity index (χ0v) is 31.1. The molecule has 1 aromatic heterocycles. The number of fused-ring (bicyclic) bond motifs is 3. The third-order valence-corrected chi connectivity index (χ3v) is 11.0. The first-order valence-corrected chi connectivity index (χ1v) is 19.0. The summed E-state index contributed by atoms with van der Waals surface area (Å²) < 4.78 is 0.906. The van der Waals surface area contributed by atoms with Crippen molar-refractivity contribution in [1.29, 1.82) is 0 Å². The summed E-state index contributed by atoms with van der Waals surface area (Å²) in [7, 11) is 0. The number of amides is 5. The molecule has 2 saturated heterocycles. The first kappa shape index (κ1) is 36.2. The first-order valence-electron chi connectivity index (χ1n) is 18.2. The second kappa shape index (κ2) is 15.5. The maximum atomic E-state index is 14.5. The fraction of sp³-hybridized carbons (Fsp3) is 0.186. The molecule has 0 radical (unpaired) electrons. The van der Waals surface area contributed by atoms with Crippen LogP contribution in [0.4, 0.5) is 15.6 Å². The number of urea groups is 1. The highest BCUT2D eigenvalue weighted by Crippen LogP contribution is 2.33. The second-order valence-corrected chi connectivity index (χ2v) is 14.8. The second-order valence-electron chi connectivity index (χ2n) is 13.7. The minimum atomic E-state index is -0.887. The van der Waals surface area contributed by atoms with Crippen LogP contribution in [0.2, 0.25) is 0 Å². The van der Waals surface area contributed by atoms with Crippen LogP contribution in [0, 0.1) is 12.3 Å². The molecule has 5 aromatic carbocycles. The van der Waals surface area contributed by atoms with E-state index in [9.17, 15) is 19.2 Å². The number of terminal acetylenes is 1. The quantitative estimate of drug-likeness (QED) is 0.157. The van der Waals surface area contributed by atoms with E-state index in [-0.39, 0.29) is 56.9 Å². The topological polar surface area (TPSA) is 144 Å². The summed E-state index contributed by atoms with van der Waals surface area (Å²) in [5.74, 6) is 1.81. The third kappa shape index (κ3) is 7.23. The largest absolute Gasteiger partial charge is 0.375 e. The number of nitrogens with zero attached hydrogens (tertiary/aromatic N) is 5. The Hall–Kier alpha value is -6.75. The van der Waals surface area contributed by atoms with E-state index in [0.717, 1.165) is 37.7 Å². The molecule has 13 heteroatoms. The molecular formula is C43H38N8O4S. The van der Waals surface area contributed by atoms with Gasteiger partial charge in [0.05, 0.1) is 29.9 Å². The van der Waals surface area contributed by atoms with Gasteiger partial charge in [0.2, 0.25) is 11.8 Å². The number of aromatic nitrogens is 1. The van der Waals surface area contributed by atoms with Gasteiger partial charge in [-0.15, -0.1) is 6.42 Å². The summed E-state index contributed by atoms with van der Waals surface area (Å²) in [6.45, 7) is 0.392. The van der Waals surface area contributed by atoms with E-state index in [2.05, 4.69) is 21.5 Å². The van der Waals surface area contributed by atoms with Crippen LogP contribution >= 0.6 is 11.3 Å². The average molecular weight is 763 g/mol. The highest BCUT2D eigenvalue weighted by atomic mass is 32.1. The molecule has 0 aliphatic carbocycles. The smallest absolute Gasteiger partial charge is 0.333 e. The van der Waals surface area contributed by atoms with Gasteiger partial charge in [0.15, 0.2) is 5.13 Å². The molecule has 8 rings (SSSR count). The van der Waals surface area contributed by atoms with Crippen molar-refractivity contribution in [3.05, 3.63) is 138 Å². The number of hydrogen-bond acceptors (Lipinski definition) is 8. The molecule has 3 heterocycles. The molecule has 12 nitrogen and oxygen atoms in total. The standard InChI is InChI=1S/C43H38N8O4S/c1-2-22-49(43(55)45-24-29-10-4-3-5-11-29)50-27-38(52)51-35(41(54)48(26-37(50)51)25-31-14-9-17-36-39(31)47-42(44)56-36)23-28-18-20-32(21-19-28)46-40(53)34-16-8-13-30-12-6-7-15-33(30)34/h1,3-21,35,37H,22-27H2,(H2,44,47)(H,45,55)(H,46,53)/t35-,37+/m0/s1. The number of thiazole rings is 1. The van der Waals surface area contributed by atoms with E-state index >= 15 is 0 Å². The number of nitrogens with one attached hydrogen (secondary N) is 2. The normalized spacial score (nSPS) is 16.8. The lowest BCUT2D eigenvalue weighted by Gasteiger charge is -2.46. The van der Waals surface area contributed by atoms with E-state index in [4.69, 9.17) is 12.2 Å². The SMILES string of the molecule is C#CCN(C(=O)NCc1ccccc1)N1CC(=O)N2[C@@H](Cc3ccc(NC(=O)c4cccc5ccccc45)cc3)C(=O)N(Cc3cccc4sc(N)nc34)C[C@@H]21. The van der Waals surface area contributed by atoms with Crippen molar-refractivity contribution in [2.45, 2.75) is 31.7 Å². The lowest BCUT2D eigenvalue weighted by Crippen LogP contribution is -2.66. The van der Waals surface area contributed by atoms with E-state index in [1.165, 1.54) is 16.3 Å². The fourth-order valence-electron chi connectivity index (χ4n) is 7.55. The molecule has 0 unspecified atom stereocenters. The Bertz CT molecular complexity index is 2490. The maximum Gasteiger partial charge on any atom is 0.333 e. The van der Waals surface area contributed by atoms with E-state index in [1.807, 2.05) is 97.1 Å². The molecule has 2 aliphatic heterocycles. The van der Waals surface area contributed by atoms with Crippen molar-refractivity contribution in [3.8, 4) is 12.3 Å². The number of benzene rings is 5. The number of rotatable bonds is 10. The van der Waals surface area contributed by atoms with Crippen molar-refractivity contribution in [3.63, 3.8) is 0 Å². The van der Waals surface area contributed by atoms with Crippen LogP contribution in [0.1, 0.15) is 27.0 Å². The van der Waals surface area contributed by atoms with Gasteiger partial charge in [0, 0.05) is 30.8 Å². The molecule has 2 aliphatic rings. The predicted octanol–water partition coefficient (Wildman–Crippen LogP) is 5.47. The number of para-hydroxylation sites is 1. The molecule has 2 atom stereocenters. The van der Waals surface area contributed by atoms with Crippen LogP contribution in [0.15, 0.2) is 115 Å². The number of hydrazine groups is 1. The lowest BCUT2D eigenvalue weighted by atomic mass is 9.99. The molecule has 4 N–H and O–H groups in total. The Morgan fingerprint density at radius 3 is 2.46 bits per heavy atom. The van der Waals surface area contributed by atoms with Crippen LogP contribution in [-0.2, 0) is 29.1 Å². The van der Waals surface area contributed by atoms with E-state index in [1.54, 1.807) is 33.0 Å². The monoisotopic (exact) mass is 762 g/mol. The van der Waals surface area contributed by atoms with Crippen molar-refractivity contribution in [2.24, 2.45) is 0 Å². The van der Waals surface area contributed by atoms with Gasteiger partial charge < -0.3 is 26.2 Å². The Morgan fingerprint density at radius 1 is 0.911 bits per heavy atom. The number of anilines is 2. The van der Waals surface area contributed by atoms with Crippen molar-refractivity contribution in [2.75, 3.05) is 30.7 Å². The molecule has 2 fully saturated rings. The fourth-order valence-corrected chi connectivity index (χ4v) is 8.33. The van der Waals surface area contributed by atoms with Gasteiger partial charge in [-0.3, -0.25) is 14.4 Å². The van der Waals surface area contributed by atoms with Crippen molar-refractivity contribution < 1.29 is 19.2 Å². The molecule has 0 saturated carbocycles. The Labute approximate surface area is 327 Å². The number of carbonyl (C=O) groups is 4. The van der Waals surface area contributed by atoms with E-state index in [0.29, 0.717) is 16.4 Å². The van der Waals surface area contributed by atoms with Crippen molar-refractivity contribution >= 4 is 66.9 Å². The highest BCUT2D eigenvalue weighted by Gasteiger charge is 2.52. The average Bonchev–Trinajstić information content (AvgIpc) is 3.76. The molecule has 6 aromatic rings. The highest BCUT2D eigenvalue weighted by molar-refractivity contribution is 7.22. The zero-order valence-electron chi connectivity index (χ0n) is 30.3. The number of nitrogen functional groups attached to an aromatic ring is 1. The Balaban J connectivity index is 1.06. The summed E-state index contributed by atoms with van der Waals surface area (Å²) in [6, 6.07) is 34.5. The summed E-state index contributed by atoms with van der Waals surface area (Å²) in [6.07, 6.45) is 5.30. The van der Waals surface area contributed by atoms with Crippen LogP contribution in [-0.4, -0.2) is 80.4 Å². The van der Waals surface area contributed by atoms with Crippen LogP contribution in [0.3, 0.4) is 0 Å². The molecule has 280 valence electrons. The number of hydrogen-bond donors (Lipinski definition) is 3. The molecule has 0 spiro atoms. The lowest BCUT2D eigenvalue weighted by molar-refractivity contribution is -0.157. The third-order valence-electron chi connectivity index (χ3n) is 10.2. The van der Waals surface area contributed by atoms with Crippen LogP contribution < -0.4 is 16.4 Å². The number of carbonyl (C=O) groups excluding carboxylic acids is 4. The Morgan fingerprint density at radius 2 is 1.66 bits per heavy atom. The van der Waals surface area contributed by atoms with Crippen LogP contribution in [0.5, 0.6) is 0 Å². The first-order chi connectivity index (χ1) is 27.3. The van der Waals surface area contributed by atoms with Gasteiger partial charge in [0.1, 0.15) is 12.2 Å². The van der Waals surface area contributed by atoms with Gasteiger partial charge in [-0.05, 0) is 51.7 Å². The Kier molecular flexibility index (Phi) is 10.1. The van der Waals surface area contributed by atoms with Gasteiger partial charge in [-0.2, -0.15) is 5.01 Å². The summed E-state index contributed by atoms with van der Waals surface area (Å²) in [4.78, 5) is 63.4. The van der Waals surface area contributed by atoms with Gasteiger partial charge >= 0.3 is 6.03 Å². The predicted molar refractivity (Wildman–Crippen MR) is 217 cm³/mol. The molecule has 56 heavy (non-hydrogen) atoms. The molecular weight excluding hydrogens is 725 g/mol. The summed E-state index contributed by atoms with van der Waals surface area (Å²) in [5.41, 5.74) is 10.4. The van der Waals surface area contributed by atoms with Gasteiger partial charge in [-0.1, -0.05) is 108 Å². The summed E-state index contributed by atoms with van der Waals surface area (Å²) >= 11 is 1.37. The minimum Gasteiger partial charge on any atom is -0.375 e. The number of nitrogens with two attached hydrogens (primary N) is 1. The zero-order chi connectivity index (χ0) is 38.8.